The Morgan fingerprint density at radius 1 is 0.731 bits per heavy atom. The quantitative estimate of drug-likeness (QED) is 0.148. The fraction of sp³-hybridized carbons (Fsp3) is 0.308. The summed E-state index contributed by atoms with van der Waals surface area (Å²) in [5.41, 5.74) is 6.67. The smallest absolute Gasteiger partial charge is 0.257 e. The van der Waals surface area contributed by atoms with Crippen LogP contribution < -0.4 is 18.9 Å². The number of hydrogen-bond acceptors (Lipinski definition) is 11. The van der Waals surface area contributed by atoms with E-state index in [9.17, 15) is 14.4 Å². The van der Waals surface area contributed by atoms with Crippen molar-refractivity contribution >= 4 is 62.3 Å². The van der Waals surface area contributed by atoms with Crippen LogP contribution in [0.15, 0.2) is 76.8 Å². The Hall–Kier alpha value is -5.01. The van der Waals surface area contributed by atoms with Gasteiger partial charge in [-0.1, -0.05) is 47.2 Å². The zero-order chi connectivity index (χ0) is 36.5. The highest BCUT2D eigenvalue weighted by atomic mass is 33.1. The van der Waals surface area contributed by atoms with E-state index in [4.69, 9.17) is 18.9 Å². The number of carbonyl (C=O) groups is 3. The van der Waals surface area contributed by atoms with Crippen molar-refractivity contribution in [3.8, 4) is 23.0 Å². The van der Waals surface area contributed by atoms with Gasteiger partial charge in [0.05, 0.1) is 48.8 Å². The highest BCUT2D eigenvalue weighted by Crippen LogP contribution is 2.41. The number of nitrogens with zero attached hydrogens (tertiary/aromatic N) is 4. The van der Waals surface area contributed by atoms with Crippen molar-refractivity contribution in [2.75, 3.05) is 27.3 Å². The van der Waals surface area contributed by atoms with Crippen LogP contribution in [0.5, 0.6) is 23.0 Å². The minimum absolute atomic E-state index is 0.0247. The SMILES string of the molecule is C=C1C[C@H]2C=Nc3cc(OCc4cc(COc5cc6c(cc5OC)C(=O)N5CC(=C)C[C@H]5C=N6)cc(CSSC(C)=O)c4)c(OC)cc3C(=O)N2C1. The lowest BCUT2D eigenvalue weighted by molar-refractivity contribution is -0.109. The van der Waals surface area contributed by atoms with Crippen molar-refractivity contribution in [3.63, 3.8) is 0 Å². The molecule has 0 aliphatic carbocycles. The molecule has 2 atom stereocenters. The molecule has 268 valence electrons. The lowest BCUT2D eigenvalue weighted by atomic mass is 10.1. The third kappa shape index (κ3) is 7.33. The molecule has 3 aromatic carbocycles. The molecule has 2 fully saturated rings. The molecule has 3 aromatic rings. The van der Waals surface area contributed by atoms with Crippen molar-refractivity contribution in [2.45, 2.75) is 50.8 Å². The number of fused-ring (bicyclic) bond motifs is 4. The lowest BCUT2D eigenvalue weighted by Crippen LogP contribution is -2.35. The number of aliphatic imine (C=N–C) groups is 2. The number of benzene rings is 3. The van der Waals surface area contributed by atoms with Gasteiger partial charge in [0.1, 0.15) is 13.2 Å². The number of ether oxygens (including phenoxy) is 4. The molecule has 0 N–H and O–H groups in total. The molecular weight excluding hydrogens is 701 g/mol. The summed E-state index contributed by atoms with van der Waals surface area (Å²) in [4.78, 5) is 51.3. The zero-order valence-electron chi connectivity index (χ0n) is 29.2. The number of rotatable bonds is 11. The van der Waals surface area contributed by atoms with Crippen LogP contribution in [0.4, 0.5) is 11.4 Å². The molecule has 0 radical (unpaired) electrons. The third-order valence-corrected chi connectivity index (χ3v) is 11.4. The van der Waals surface area contributed by atoms with Gasteiger partial charge in [-0.15, -0.1) is 0 Å². The summed E-state index contributed by atoms with van der Waals surface area (Å²) in [6, 6.07) is 12.7. The number of methoxy groups -OCH3 is 2. The van der Waals surface area contributed by atoms with Crippen LogP contribution in [0.3, 0.4) is 0 Å². The molecule has 2 saturated heterocycles. The van der Waals surface area contributed by atoms with Crippen LogP contribution in [0, 0.1) is 0 Å². The van der Waals surface area contributed by atoms with Crippen LogP contribution >= 0.6 is 21.6 Å². The van der Waals surface area contributed by atoms with Crippen molar-refractivity contribution in [1.29, 1.82) is 0 Å². The molecular formula is C39H38N4O7S2. The molecule has 7 rings (SSSR count). The second-order valence-corrected chi connectivity index (χ2v) is 15.6. The van der Waals surface area contributed by atoms with Crippen molar-refractivity contribution in [3.05, 3.63) is 94.6 Å². The summed E-state index contributed by atoms with van der Waals surface area (Å²) < 4.78 is 24.0. The van der Waals surface area contributed by atoms with Gasteiger partial charge in [0.15, 0.2) is 28.1 Å². The molecule has 2 amide bonds. The molecule has 52 heavy (non-hydrogen) atoms. The molecule has 4 aliphatic heterocycles. The maximum atomic E-state index is 13.4. The lowest BCUT2D eigenvalue weighted by Gasteiger charge is -2.20. The molecule has 11 nitrogen and oxygen atoms in total. The van der Waals surface area contributed by atoms with Crippen molar-refractivity contribution in [1.82, 2.24) is 9.80 Å². The van der Waals surface area contributed by atoms with Gasteiger partial charge in [0, 0.05) is 50.3 Å². The van der Waals surface area contributed by atoms with Gasteiger partial charge >= 0.3 is 0 Å². The minimum Gasteiger partial charge on any atom is -0.493 e. The fourth-order valence-corrected chi connectivity index (χ4v) is 8.41. The van der Waals surface area contributed by atoms with Gasteiger partial charge in [-0.2, -0.15) is 0 Å². The summed E-state index contributed by atoms with van der Waals surface area (Å²) in [6.07, 6.45) is 4.98. The van der Waals surface area contributed by atoms with Gasteiger partial charge in [0.2, 0.25) is 0 Å². The summed E-state index contributed by atoms with van der Waals surface area (Å²) >= 11 is 0. The monoisotopic (exact) mass is 738 g/mol. The molecule has 0 bridgehead atoms. The summed E-state index contributed by atoms with van der Waals surface area (Å²) in [7, 11) is 5.73. The minimum atomic E-state index is -0.121. The fourth-order valence-electron chi connectivity index (χ4n) is 6.80. The van der Waals surface area contributed by atoms with E-state index >= 15 is 0 Å². The van der Waals surface area contributed by atoms with E-state index in [1.54, 1.807) is 53.4 Å². The molecule has 13 heteroatoms. The molecule has 0 unspecified atom stereocenters. The van der Waals surface area contributed by atoms with E-state index < -0.39 is 0 Å². The number of amides is 2. The molecule has 0 aromatic heterocycles. The Bertz CT molecular complexity index is 1930. The Balaban J connectivity index is 1.12. The average Bonchev–Trinajstić information content (AvgIpc) is 3.64. The highest BCUT2D eigenvalue weighted by molar-refractivity contribution is 8.81. The van der Waals surface area contributed by atoms with Gasteiger partial charge in [-0.25, -0.2) is 0 Å². The van der Waals surface area contributed by atoms with Gasteiger partial charge in [0.25, 0.3) is 11.8 Å². The highest BCUT2D eigenvalue weighted by Gasteiger charge is 2.35. The molecule has 4 heterocycles. The van der Waals surface area contributed by atoms with E-state index in [1.807, 2.05) is 18.2 Å². The van der Waals surface area contributed by atoms with Crippen LogP contribution in [0.25, 0.3) is 0 Å². The second-order valence-electron chi connectivity index (χ2n) is 13.1. The van der Waals surface area contributed by atoms with E-state index in [0.29, 0.717) is 77.2 Å². The maximum absolute atomic E-state index is 13.4. The van der Waals surface area contributed by atoms with Gasteiger partial charge in [-0.05, 0) is 58.5 Å². The van der Waals surface area contributed by atoms with E-state index in [-0.39, 0.29) is 42.2 Å². The van der Waals surface area contributed by atoms with E-state index in [2.05, 4.69) is 23.1 Å². The largest absolute Gasteiger partial charge is 0.493 e. The standard InChI is InChI=1S/C39H38N4O7S2/c1-22-6-28-15-40-32-13-36(34(47-4)11-30(32)38(45)42(28)17-22)49-19-25-8-26(10-27(9-25)21-51-52-24(3)44)20-50-37-14-33-31(12-35(37)48-5)39(46)43-18-23(2)7-29(43)16-41-33/h8-16,28-29H,1-2,6-7,17-21H2,3-5H3/t28-,29-/m0/s1. The third-order valence-electron chi connectivity index (χ3n) is 9.20. The van der Waals surface area contributed by atoms with Crippen molar-refractivity contribution in [2.24, 2.45) is 9.98 Å². The number of carbonyl (C=O) groups excluding carboxylic acids is 3. The predicted molar refractivity (Wildman–Crippen MR) is 204 cm³/mol. The Kier molecular flexibility index (Phi) is 10.2. The maximum Gasteiger partial charge on any atom is 0.257 e. The second kappa shape index (κ2) is 14.9. The normalized spacial score (nSPS) is 18.8. The average molecular weight is 739 g/mol. The van der Waals surface area contributed by atoms with Gasteiger partial charge in [-0.3, -0.25) is 24.4 Å². The first-order valence-electron chi connectivity index (χ1n) is 16.7. The summed E-state index contributed by atoms with van der Waals surface area (Å²) in [5, 5.41) is 0.0247. The Morgan fingerprint density at radius 2 is 1.19 bits per heavy atom. The number of hydrogen-bond donors (Lipinski definition) is 0. The first-order valence-corrected chi connectivity index (χ1v) is 19.1. The van der Waals surface area contributed by atoms with Crippen LogP contribution in [0.1, 0.15) is 57.2 Å². The van der Waals surface area contributed by atoms with Gasteiger partial charge < -0.3 is 28.7 Å². The van der Waals surface area contributed by atoms with Crippen LogP contribution in [0.2, 0.25) is 0 Å². The molecule has 0 spiro atoms. The molecule has 4 aliphatic rings. The first-order chi connectivity index (χ1) is 25.1. The van der Waals surface area contributed by atoms with Crippen molar-refractivity contribution < 1.29 is 33.3 Å². The topological polar surface area (TPSA) is 119 Å². The Labute approximate surface area is 310 Å². The summed E-state index contributed by atoms with van der Waals surface area (Å²) in [6.45, 7) is 11.0. The predicted octanol–water partition coefficient (Wildman–Crippen LogP) is 7.26. The summed E-state index contributed by atoms with van der Waals surface area (Å²) in [5.74, 6) is 2.11. The van der Waals surface area contributed by atoms with E-state index in [0.717, 1.165) is 27.8 Å². The first kappa shape index (κ1) is 35.4. The van der Waals surface area contributed by atoms with Crippen LogP contribution in [-0.2, 0) is 23.8 Å². The molecule has 0 saturated carbocycles. The zero-order valence-corrected chi connectivity index (χ0v) is 30.8. The Morgan fingerprint density at radius 3 is 1.63 bits per heavy atom. The van der Waals surface area contributed by atoms with Crippen LogP contribution in [-0.4, -0.2) is 78.6 Å². The van der Waals surface area contributed by atoms with E-state index in [1.165, 1.54) is 35.8 Å².